The van der Waals surface area contributed by atoms with E-state index in [1.807, 2.05) is 0 Å². The van der Waals surface area contributed by atoms with E-state index in [1.165, 1.54) is 36.4 Å². The predicted octanol–water partition coefficient (Wildman–Crippen LogP) is 4.72. The molecule has 0 amide bonds. The van der Waals surface area contributed by atoms with Crippen LogP contribution in [0.2, 0.25) is 5.02 Å². The smallest absolute Gasteiger partial charge is 0.335 e. The molecular formula is C24H18ClN5O5. The Morgan fingerprint density at radius 2 is 1.34 bits per heavy atom. The van der Waals surface area contributed by atoms with Gasteiger partial charge in [0.25, 0.3) is 0 Å². The number of hydrogen-bond acceptors (Lipinski definition) is 8. The molecule has 0 aliphatic carbocycles. The van der Waals surface area contributed by atoms with Crippen LogP contribution in [0.4, 0.5) is 11.4 Å². The number of anilines is 2. The van der Waals surface area contributed by atoms with Crippen LogP contribution in [0.5, 0.6) is 0 Å². The first kappa shape index (κ1) is 23.5. The van der Waals surface area contributed by atoms with Crippen molar-refractivity contribution in [3.05, 3.63) is 94.5 Å². The predicted molar refractivity (Wildman–Crippen MR) is 132 cm³/mol. The zero-order chi connectivity index (χ0) is 24.9. The summed E-state index contributed by atoms with van der Waals surface area (Å²) >= 11 is 6.36. The largest absolute Gasteiger partial charge is 0.478 e. The molecule has 1 heterocycles. The van der Waals surface area contributed by atoms with Crippen LogP contribution in [0, 0.1) is 5.41 Å². The van der Waals surface area contributed by atoms with Gasteiger partial charge in [0, 0.05) is 10.6 Å². The Bertz CT molecular complexity index is 1350. The van der Waals surface area contributed by atoms with Crippen LogP contribution in [0.3, 0.4) is 0 Å². The maximum atomic E-state index is 11.1. The number of ether oxygens (including phenoxy) is 1. The first-order valence-electron chi connectivity index (χ1n) is 10.2. The zero-order valence-corrected chi connectivity index (χ0v) is 18.7. The normalized spacial score (nSPS) is 17.3. The number of carbonyl (C=O) groups is 2. The van der Waals surface area contributed by atoms with Crippen molar-refractivity contribution in [2.24, 2.45) is 10.2 Å². The minimum atomic E-state index is -1.05. The quantitative estimate of drug-likeness (QED) is 0.299. The van der Waals surface area contributed by atoms with Gasteiger partial charge in [0.15, 0.2) is 11.8 Å². The third kappa shape index (κ3) is 5.28. The van der Waals surface area contributed by atoms with E-state index < -0.39 is 18.0 Å². The Labute approximate surface area is 204 Å². The Morgan fingerprint density at radius 3 is 1.86 bits per heavy atom. The molecule has 0 bridgehead atoms. The van der Waals surface area contributed by atoms with E-state index in [-0.39, 0.29) is 28.4 Å². The standard InChI is InChI=1S/C24H18ClN5O5/c25-18-4-2-1-3-17(18)21-19(29-27-15-9-5-13(6-10-15)23(31)32)20(22(26)35-21)30-28-16-11-7-14(8-12-16)24(33)34/h1-12,21,26-28H,(H,31,32)(H,33,34)/b26-22?,29-19+,30-20-. The highest BCUT2D eigenvalue weighted by molar-refractivity contribution is 6.70. The SMILES string of the molecule is N=C1OC(c2ccccc2Cl)C(=N/Nc2ccc(C(=O)O)cc2)/C1=N/Nc1ccc(C(=O)O)cc1. The van der Waals surface area contributed by atoms with Gasteiger partial charge >= 0.3 is 11.9 Å². The number of hydrazone groups is 2. The fourth-order valence-electron chi connectivity index (χ4n) is 3.21. The Balaban J connectivity index is 1.66. The second-order valence-corrected chi connectivity index (χ2v) is 7.70. The van der Waals surface area contributed by atoms with Crippen LogP contribution in [-0.2, 0) is 4.74 Å². The molecule has 1 atom stereocenters. The topological polar surface area (TPSA) is 156 Å². The van der Waals surface area contributed by atoms with Gasteiger partial charge in [-0.3, -0.25) is 16.3 Å². The van der Waals surface area contributed by atoms with E-state index >= 15 is 0 Å². The van der Waals surface area contributed by atoms with Gasteiger partial charge in [-0.15, -0.1) is 0 Å². The lowest BCUT2D eigenvalue weighted by molar-refractivity contribution is 0.0686. The minimum Gasteiger partial charge on any atom is -0.478 e. The molecule has 3 aromatic carbocycles. The van der Waals surface area contributed by atoms with E-state index in [9.17, 15) is 9.59 Å². The first-order valence-corrected chi connectivity index (χ1v) is 10.6. The number of carboxylic acid groups (broad SMARTS) is 2. The summed E-state index contributed by atoms with van der Waals surface area (Å²) < 4.78 is 5.73. The van der Waals surface area contributed by atoms with Crippen molar-refractivity contribution < 1.29 is 24.5 Å². The summed E-state index contributed by atoms with van der Waals surface area (Å²) in [6.45, 7) is 0. The molecule has 1 fully saturated rings. The molecule has 3 aromatic rings. The lowest BCUT2D eigenvalue weighted by Gasteiger charge is -2.12. The summed E-state index contributed by atoms with van der Waals surface area (Å²) in [5, 5.41) is 35.5. The molecule has 0 aromatic heterocycles. The molecule has 35 heavy (non-hydrogen) atoms. The highest BCUT2D eigenvalue weighted by Gasteiger charge is 2.38. The molecule has 10 nitrogen and oxygen atoms in total. The van der Waals surface area contributed by atoms with Gasteiger partial charge in [-0.25, -0.2) is 9.59 Å². The van der Waals surface area contributed by atoms with Crippen LogP contribution in [0.15, 0.2) is 83.0 Å². The highest BCUT2D eigenvalue weighted by atomic mass is 35.5. The van der Waals surface area contributed by atoms with Gasteiger partial charge in [0.2, 0.25) is 5.90 Å². The molecule has 4 rings (SSSR count). The monoisotopic (exact) mass is 491 g/mol. The van der Waals surface area contributed by atoms with Gasteiger partial charge in [0.05, 0.1) is 22.5 Å². The van der Waals surface area contributed by atoms with E-state index in [2.05, 4.69) is 21.1 Å². The summed E-state index contributed by atoms with van der Waals surface area (Å²) in [5.41, 5.74) is 7.83. The fourth-order valence-corrected chi connectivity index (χ4v) is 3.44. The molecule has 0 saturated carbocycles. The molecular weight excluding hydrogens is 474 g/mol. The third-order valence-electron chi connectivity index (χ3n) is 5.00. The number of hydrogen-bond donors (Lipinski definition) is 5. The van der Waals surface area contributed by atoms with Crippen LogP contribution in [0.1, 0.15) is 32.4 Å². The Hall–Kier alpha value is -4.70. The number of nitrogens with one attached hydrogen (secondary N) is 3. The highest BCUT2D eigenvalue weighted by Crippen LogP contribution is 2.32. The molecule has 1 aliphatic rings. The number of halogens is 1. The molecule has 0 spiro atoms. The fraction of sp³-hybridized carbons (Fsp3) is 0.0417. The lowest BCUT2D eigenvalue weighted by Crippen LogP contribution is -2.20. The summed E-state index contributed by atoms with van der Waals surface area (Å²) in [5.74, 6) is -2.34. The average molecular weight is 492 g/mol. The van der Waals surface area contributed by atoms with Gasteiger partial charge in [-0.2, -0.15) is 10.2 Å². The van der Waals surface area contributed by atoms with Crippen molar-refractivity contribution in [3.8, 4) is 0 Å². The molecule has 0 radical (unpaired) electrons. The Morgan fingerprint density at radius 1 is 0.829 bits per heavy atom. The number of benzene rings is 3. The lowest BCUT2D eigenvalue weighted by atomic mass is 10.0. The van der Waals surface area contributed by atoms with Gasteiger partial charge in [-0.05, 0) is 54.6 Å². The summed E-state index contributed by atoms with van der Waals surface area (Å²) in [6, 6.07) is 18.9. The first-order chi connectivity index (χ1) is 16.8. The Kier molecular flexibility index (Phi) is 6.74. The summed E-state index contributed by atoms with van der Waals surface area (Å²) in [6.07, 6.45) is -0.822. The van der Waals surface area contributed by atoms with Crippen LogP contribution >= 0.6 is 11.6 Å². The second-order valence-electron chi connectivity index (χ2n) is 7.29. The van der Waals surface area contributed by atoms with Crippen molar-refractivity contribution in [2.45, 2.75) is 6.10 Å². The molecule has 5 N–H and O–H groups in total. The maximum Gasteiger partial charge on any atom is 0.335 e. The van der Waals surface area contributed by atoms with Crippen molar-refractivity contribution in [2.75, 3.05) is 10.9 Å². The van der Waals surface area contributed by atoms with Gasteiger partial charge < -0.3 is 14.9 Å². The summed E-state index contributed by atoms with van der Waals surface area (Å²) in [7, 11) is 0. The number of aromatic carboxylic acids is 2. The molecule has 1 aliphatic heterocycles. The average Bonchev–Trinajstić information content (AvgIpc) is 3.16. The number of carboxylic acids is 2. The maximum absolute atomic E-state index is 11.1. The van der Waals surface area contributed by atoms with Gasteiger partial charge in [-0.1, -0.05) is 29.8 Å². The van der Waals surface area contributed by atoms with Crippen LogP contribution in [-0.4, -0.2) is 39.5 Å². The van der Waals surface area contributed by atoms with Crippen LogP contribution < -0.4 is 10.9 Å². The van der Waals surface area contributed by atoms with Crippen molar-refractivity contribution in [1.29, 1.82) is 5.41 Å². The number of nitrogens with zero attached hydrogens (tertiary/aromatic N) is 2. The third-order valence-corrected chi connectivity index (χ3v) is 5.34. The van der Waals surface area contributed by atoms with Crippen molar-refractivity contribution in [3.63, 3.8) is 0 Å². The van der Waals surface area contributed by atoms with Crippen molar-refractivity contribution in [1.82, 2.24) is 0 Å². The molecule has 176 valence electrons. The zero-order valence-electron chi connectivity index (χ0n) is 17.9. The minimum absolute atomic E-state index is 0.104. The molecule has 1 saturated heterocycles. The van der Waals surface area contributed by atoms with E-state index in [0.717, 1.165) is 0 Å². The molecule has 1 unspecified atom stereocenters. The van der Waals surface area contributed by atoms with Crippen molar-refractivity contribution >= 4 is 52.2 Å². The van der Waals surface area contributed by atoms with E-state index in [0.29, 0.717) is 22.0 Å². The molecule has 11 heteroatoms. The van der Waals surface area contributed by atoms with Gasteiger partial charge in [0.1, 0.15) is 5.71 Å². The summed E-state index contributed by atoms with van der Waals surface area (Å²) in [4.78, 5) is 22.1. The number of rotatable bonds is 7. The van der Waals surface area contributed by atoms with E-state index in [1.54, 1.807) is 36.4 Å². The second kappa shape index (κ2) is 10.1. The van der Waals surface area contributed by atoms with Crippen LogP contribution in [0.25, 0.3) is 0 Å². The van der Waals surface area contributed by atoms with E-state index in [4.69, 9.17) is 32.0 Å².